The third-order valence-electron chi connectivity index (χ3n) is 15.5. The highest BCUT2D eigenvalue weighted by molar-refractivity contribution is 8.76. The van der Waals surface area contributed by atoms with E-state index in [1.807, 2.05) is 87.7 Å². The van der Waals surface area contributed by atoms with Gasteiger partial charge in [-0.15, -0.1) is 10.2 Å². The molecule has 5 fully saturated rings. The standard InChI is InChI=1S/C9H8Cl2O2.C8H7N3O2.C8H7NO4.C7H11NO2.C7H7NOS.C6H7NO4.C6H7NO3.C6H7NO.C6H7NS2.C5H7NO2.C5H5NO2.C5H12O.C4H8O/c1-5-3-8(11)9(4-7(5)10)13-6(2)12;1-6(12)13-11-8-5-3-2-4-7(8)9-10-11;1-6(10)13-8-4-2-7(3-5-8)9(11)12;1-6(9)8-4-2-7(10)3-5-8;1-6(9)10-7-4-2-3-5-8-7;1-4(8)11-7-5(9)2-3-6(7)10;1-4(8)7-5(9)2-3-6(7)10;1-6(8)7-4-2-3-5-7;1-8-9-6-4-2-3-5-7-6;2*1-6-4(7)2-3-5(6)8;1-3-5(6)4-2;1-2-4-3-5-4/h3-4H,1-2H3;2*2-5H,1H3;2-5H2,1H3;2-5H,1H3;2-3H2,1H3;2-3H2,1H3;2-5H,1H3;2-5H,1H3;2-3H2,1H3;2-3H,1H3;5-6H,3-4H2,1-2H3;4H,2-3H2,1H3. The number of nitro benzene ring substituents is 1. The monoisotopic (exact) mass is 1820 g/mol. The second kappa shape index (κ2) is 60.4. The van der Waals surface area contributed by atoms with E-state index >= 15 is 0 Å². The first-order chi connectivity index (χ1) is 58.5. The number of aromatic nitrogens is 6. The Morgan fingerprint density at radius 2 is 1.06 bits per heavy atom. The van der Waals surface area contributed by atoms with Gasteiger partial charge >= 0.3 is 23.9 Å². The summed E-state index contributed by atoms with van der Waals surface area (Å²) in [4.78, 5) is 212. The average Bonchev–Trinajstić information content (AvgIpc) is 1.64. The van der Waals surface area contributed by atoms with Gasteiger partial charge in [0.25, 0.3) is 29.3 Å². The summed E-state index contributed by atoms with van der Waals surface area (Å²) in [5.74, 6) is -3.68. The van der Waals surface area contributed by atoms with Gasteiger partial charge in [-0.3, -0.25) is 96.4 Å². The normalized spacial score (nSPS) is 14.0. The van der Waals surface area contributed by atoms with Crippen LogP contribution in [0.4, 0.5) is 5.69 Å². The Kier molecular flexibility index (Phi) is 53.6. The van der Waals surface area contributed by atoms with E-state index in [1.54, 1.807) is 69.5 Å². The number of carbonyl (C=O) groups is 17. The number of nitrogens with zero attached hydrogens (tertiary/aromatic N) is 12. The van der Waals surface area contributed by atoms with Gasteiger partial charge in [0.15, 0.2) is 10.9 Å². The maximum Gasteiger partial charge on any atom is 0.332 e. The van der Waals surface area contributed by atoms with Gasteiger partial charge in [-0.2, -0.15) is 0 Å². The van der Waals surface area contributed by atoms with Gasteiger partial charge in [0.2, 0.25) is 41.4 Å². The summed E-state index contributed by atoms with van der Waals surface area (Å²) in [5, 5.41) is 29.7. The van der Waals surface area contributed by atoms with Gasteiger partial charge in [0.1, 0.15) is 32.6 Å². The van der Waals surface area contributed by atoms with E-state index in [1.165, 1.54) is 121 Å². The number of amides is 10. The predicted molar refractivity (Wildman–Crippen MR) is 458 cm³/mol. The number of rotatable bonds is 11. The molecule has 42 heteroatoms. The third-order valence-corrected chi connectivity index (χ3v) is 18.5. The summed E-state index contributed by atoms with van der Waals surface area (Å²) in [5.41, 5.74) is 2.19. The number of para-hydroxylation sites is 1. The smallest absolute Gasteiger partial charge is 0.332 e. The van der Waals surface area contributed by atoms with Crippen LogP contribution in [-0.2, 0) is 86.3 Å². The fourth-order valence-electron chi connectivity index (χ4n) is 8.82. The summed E-state index contributed by atoms with van der Waals surface area (Å²) in [6, 6.07) is 30.8. The van der Waals surface area contributed by atoms with Gasteiger partial charge in [-0.1, -0.05) is 83.9 Å². The molecule has 7 aromatic rings. The molecule has 10 amide bonds. The second-order valence-electron chi connectivity index (χ2n) is 25.4. The molecular formula is C82H100Cl2N12O25S3. The molecule has 670 valence electrons. The minimum atomic E-state index is -0.659. The van der Waals surface area contributed by atoms with E-state index in [-0.39, 0.29) is 95.6 Å². The van der Waals surface area contributed by atoms with Crippen molar-refractivity contribution in [2.45, 2.75) is 176 Å². The molecule has 0 bridgehead atoms. The van der Waals surface area contributed by atoms with Crippen molar-refractivity contribution in [3.63, 3.8) is 0 Å². The summed E-state index contributed by atoms with van der Waals surface area (Å²) in [7, 11) is 6.35. The number of benzene rings is 3. The number of aliphatic hydroxyl groups excluding tert-OH is 1. The zero-order valence-electron chi connectivity index (χ0n) is 71.0. The first kappa shape index (κ1) is 110. The van der Waals surface area contributed by atoms with Crippen molar-refractivity contribution in [3.05, 3.63) is 172 Å². The van der Waals surface area contributed by atoms with Crippen LogP contribution in [0.3, 0.4) is 0 Å². The molecule has 6 aliphatic heterocycles. The Morgan fingerprint density at radius 1 is 0.581 bits per heavy atom. The van der Waals surface area contributed by atoms with E-state index in [0.717, 1.165) is 63.5 Å². The molecule has 4 aromatic heterocycles. The van der Waals surface area contributed by atoms with Crippen LogP contribution in [0.1, 0.15) is 157 Å². The maximum atomic E-state index is 10.7. The lowest BCUT2D eigenvalue weighted by molar-refractivity contribution is -0.384. The number of hydrogen-bond donors (Lipinski definition) is 1. The van der Waals surface area contributed by atoms with Gasteiger partial charge in [-0.05, 0) is 133 Å². The molecule has 6 aliphatic rings. The highest BCUT2D eigenvalue weighted by atomic mass is 35.5. The third kappa shape index (κ3) is 46.8. The molecule has 124 heavy (non-hydrogen) atoms. The molecule has 10 heterocycles. The summed E-state index contributed by atoms with van der Waals surface area (Å²) >= 11 is 12.8. The highest BCUT2D eigenvalue weighted by Gasteiger charge is 2.33. The number of nitro groups is 1. The Labute approximate surface area is 737 Å². The van der Waals surface area contributed by atoms with E-state index < -0.39 is 46.5 Å². The molecule has 1 unspecified atom stereocenters. The SMILES string of the molecule is CC(=O)N1C(=O)CCC1=O.CC(=O)N1CCC(=O)CC1.CC(=O)ON1C(=O)CCC1=O.CC(=O)Oc1cc(Cl)c(C)cc1Cl.CC(=O)Oc1ccc([N+](=O)[O-])cc1.CC(=O)On1nnc2ccccc21.CC(=O)Sc1ccccn1.CC(=O)n1cccc1.CCC(O)CC.CCC1CO1.CN1C(=O)C=CC1=O.CN1C(=O)CCC1=O.CSSc1ccccn1. The molecule has 5 saturated heterocycles. The molecule has 3 aromatic carbocycles. The van der Waals surface area contributed by atoms with Gasteiger partial charge in [0.05, 0.1) is 28.8 Å². The first-order valence-electron chi connectivity index (χ1n) is 37.7. The molecule has 1 atom stereocenters. The molecule has 0 saturated carbocycles. The highest BCUT2D eigenvalue weighted by Crippen LogP contribution is 2.31. The number of thioether (sulfide) groups is 1. The van der Waals surface area contributed by atoms with Crippen LogP contribution in [0.5, 0.6) is 11.5 Å². The Hall–Kier alpha value is -12.1. The number of ketones is 1. The maximum absolute atomic E-state index is 10.7. The lowest BCUT2D eigenvalue weighted by Gasteiger charge is -2.24. The molecule has 0 radical (unpaired) electrons. The quantitative estimate of drug-likeness (QED) is 0.0145. The van der Waals surface area contributed by atoms with Crippen molar-refractivity contribution in [2.24, 2.45) is 0 Å². The number of esters is 2. The molecule has 13 rings (SSSR count). The van der Waals surface area contributed by atoms with E-state index in [4.69, 9.17) is 42.6 Å². The van der Waals surface area contributed by atoms with Crippen LogP contribution < -0.4 is 14.3 Å². The average molecular weight is 1820 g/mol. The predicted octanol–water partition coefficient (Wildman–Crippen LogP) is 11.2. The van der Waals surface area contributed by atoms with E-state index in [2.05, 4.69) is 36.8 Å². The number of piperidine rings is 1. The lowest BCUT2D eigenvalue weighted by atomic mass is 10.1. The minimum absolute atomic E-state index is 0.0316. The number of likely N-dealkylation sites (tertiary alicyclic amines) is 3. The zero-order chi connectivity index (χ0) is 93.7. The summed E-state index contributed by atoms with van der Waals surface area (Å²) in [6.45, 7) is 21.0. The molecule has 1 N–H and O–H groups in total. The fraction of sp³-hybridized carbons (Fsp3) is 0.378. The number of aryl methyl sites for hydroxylation is 1. The summed E-state index contributed by atoms with van der Waals surface area (Å²) < 4.78 is 15.9. The number of Topliss-reactive ketones (excluding diaryl/α,β-unsaturated/α-hetero) is 1. The van der Waals surface area contributed by atoms with Crippen molar-refractivity contribution in [2.75, 3.05) is 40.0 Å². The van der Waals surface area contributed by atoms with Crippen molar-refractivity contribution in [3.8, 4) is 11.5 Å². The number of aliphatic hydroxyl groups is 1. The number of likely N-dealkylation sites (N-methyl/N-ethyl adjacent to an activating group) is 1. The Balaban J connectivity index is 0.000000676. The number of hydroxylamine groups is 2. The van der Waals surface area contributed by atoms with Crippen molar-refractivity contribution >= 4 is 173 Å². The van der Waals surface area contributed by atoms with Crippen LogP contribution in [-0.4, -0.2) is 216 Å². The van der Waals surface area contributed by atoms with Gasteiger partial charge in [-0.25, -0.2) is 24.5 Å². The molecular weight excluding hydrogens is 1720 g/mol. The zero-order valence-corrected chi connectivity index (χ0v) is 75.0. The van der Waals surface area contributed by atoms with Crippen molar-refractivity contribution < 1.29 is 115 Å². The van der Waals surface area contributed by atoms with Crippen LogP contribution in [0.15, 0.2) is 156 Å². The Morgan fingerprint density at radius 3 is 1.42 bits per heavy atom. The topological polar surface area (TPSA) is 481 Å². The molecule has 0 spiro atoms. The minimum Gasteiger partial charge on any atom is -0.427 e. The number of fused-ring (bicyclic) bond motifs is 1. The number of imide groups is 6. The number of pyridine rings is 2. The summed E-state index contributed by atoms with van der Waals surface area (Å²) in [6.07, 6.45) is 17.5. The lowest BCUT2D eigenvalue weighted by Crippen LogP contribution is -2.36. The number of halogens is 2. The van der Waals surface area contributed by atoms with Crippen LogP contribution in [0.2, 0.25) is 10.0 Å². The van der Waals surface area contributed by atoms with E-state index in [0.29, 0.717) is 87.4 Å². The van der Waals surface area contributed by atoms with Crippen LogP contribution in [0.25, 0.3) is 11.0 Å². The Bertz CT molecular complexity index is 4690. The molecule has 37 nitrogen and oxygen atoms in total. The number of hydrogen-bond acceptors (Lipinski definition) is 32. The number of epoxide rings is 1. The fourth-order valence-corrected chi connectivity index (χ4v) is 11.0. The van der Waals surface area contributed by atoms with Crippen molar-refractivity contribution in [1.82, 2.24) is 54.4 Å². The van der Waals surface area contributed by atoms with Crippen LogP contribution >= 0.6 is 56.6 Å². The largest absolute Gasteiger partial charge is 0.427 e. The number of non-ortho nitro benzene ring substituents is 1. The molecule has 0 aliphatic carbocycles. The number of ether oxygens (including phenoxy) is 3. The van der Waals surface area contributed by atoms with Gasteiger partial charge < -0.3 is 33.9 Å². The number of carbonyl (C=O) groups excluding carboxylic acids is 17. The van der Waals surface area contributed by atoms with Crippen molar-refractivity contribution in [1.29, 1.82) is 0 Å². The second-order valence-corrected chi connectivity index (χ2v) is 29.8. The van der Waals surface area contributed by atoms with E-state index in [9.17, 15) is 91.6 Å². The van der Waals surface area contributed by atoms with Gasteiger partial charge in [0, 0.05) is 194 Å². The van der Waals surface area contributed by atoms with Crippen LogP contribution in [0, 0.1) is 17.0 Å². The first-order valence-corrected chi connectivity index (χ1v) is 41.8.